The normalized spacial score (nSPS) is 11.4. The molecule has 124 valence electrons. The Morgan fingerprint density at radius 2 is 1.70 bits per heavy atom. The van der Waals surface area contributed by atoms with Crippen molar-refractivity contribution in [2.45, 2.75) is 31.6 Å². The molecule has 1 N–H and O–H groups in total. The van der Waals surface area contributed by atoms with Crippen LogP contribution in [0.25, 0.3) is 0 Å². The van der Waals surface area contributed by atoms with Crippen LogP contribution < -0.4 is 9.46 Å². The van der Waals surface area contributed by atoms with E-state index >= 15 is 0 Å². The standard InChI is InChI=1S/C18H23NO3S/c1-3-15-9-11-17(12-10-15)23(20,21)19-14-13-16-7-5-6-8-18(16)22-4-2/h5-12,19H,3-4,13-14H2,1-2H3. The number of hydrogen-bond donors (Lipinski definition) is 1. The van der Waals surface area contributed by atoms with Gasteiger partial charge in [-0.3, -0.25) is 0 Å². The molecule has 4 nitrogen and oxygen atoms in total. The van der Waals surface area contributed by atoms with E-state index in [1.54, 1.807) is 12.1 Å². The lowest BCUT2D eigenvalue weighted by Gasteiger charge is -2.11. The SMILES string of the molecule is CCOc1ccccc1CCNS(=O)(=O)c1ccc(CC)cc1. The third-order valence-corrected chi connectivity index (χ3v) is 5.08. The summed E-state index contributed by atoms with van der Waals surface area (Å²) in [5.41, 5.74) is 2.12. The van der Waals surface area contributed by atoms with Gasteiger partial charge in [0, 0.05) is 6.54 Å². The van der Waals surface area contributed by atoms with Crippen molar-refractivity contribution in [1.82, 2.24) is 4.72 Å². The van der Waals surface area contributed by atoms with Crippen LogP contribution in [0.3, 0.4) is 0 Å². The van der Waals surface area contributed by atoms with Crippen LogP contribution in [0.15, 0.2) is 53.4 Å². The summed E-state index contributed by atoms with van der Waals surface area (Å²) in [4.78, 5) is 0.299. The second-order valence-corrected chi connectivity index (χ2v) is 6.95. The van der Waals surface area contributed by atoms with Crippen molar-refractivity contribution >= 4 is 10.0 Å². The van der Waals surface area contributed by atoms with Crippen molar-refractivity contribution in [2.24, 2.45) is 0 Å². The molecule has 0 saturated heterocycles. The number of hydrogen-bond acceptors (Lipinski definition) is 3. The largest absolute Gasteiger partial charge is 0.494 e. The van der Waals surface area contributed by atoms with Gasteiger partial charge < -0.3 is 4.74 Å². The van der Waals surface area contributed by atoms with E-state index < -0.39 is 10.0 Å². The fraction of sp³-hybridized carbons (Fsp3) is 0.333. The molecule has 0 heterocycles. The Labute approximate surface area is 138 Å². The van der Waals surface area contributed by atoms with Gasteiger partial charge in [0.25, 0.3) is 0 Å². The molecule has 0 saturated carbocycles. The maximum atomic E-state index is 12.3. The van der Waals surface area contributed by atoms with Gasteiger partial charge in [-0.2, -0.15) is 0 Å². The van der Waals surface area contributed by atoms with Crippen LogP contribution in [0.1, 0.15) is 25.0 Å². The summed E-state index contributed by atoms with van der Waals surface area (Å²) in [5.74, 6) is 0.807. The molecule has 23 heavy (non-hydrogen) atoms. The first-order valence-electron chi connectivity index (χ1n) is 7.86. The zero-order valence-electron chi connectivity index (χ0n) is 13.6. The first-order chi connectivity index (χ1) is 11.1. The van der Waals surface area contributed by atoms with Gasteiger partial charge in [-0.05, 0) is 49.1 Å². The third kappa shape index (κ3) is 4.81. The molecule has 0 aliphatic rings. The summed E-state index contributed by atoms with van der Waals surface area (Å²) in [5, 5.41) is 0. The summed E-state index contributed by atoms with van der Waals surface area (Å²) in [6, 6.07) is 14.7. The predicted molar refractivity (Wildman–Crippen MR) is 92.3 cm³/mol. The Morgan fingerprint density at radius 1 is 1.00 bits per heavy atom. The Kier molecular flexibility index (Phi) is 6.19. The molecule has 2 rings (SSSR count). The molecule has 0 unspecified atom stereocenters. The number of ether oxygens (including phenoxy) is 1. The van der Waals surface area contributed by atoms with E-state index in [0.717, 1.165) is 23.3 Å². The van der Waals surface area contributed by atoms with Crippen molar-refractivity contribution < 1.29 is 13.2 Å². The third-order valence-electron chi connectivity index (χ3n) is 3.60. The number of nitrogens with one attached hydrogen (secondary N) is 1. The summed E-state index contributed by atoms with van der Waals surface area (Å²) >= 11 is 0. The van der Waals surface area contributed by atoms with E-state index in [4.69, 9.17) is 4.74 Å². The molecule has 0 atom stereocenters. The average molecular weight is 333 g/mol. The fourth-order valence-electron chi connectivity index (χ4n) is 2.31. The summed E-state index contributed by atoms with van der Waals surface area (Å²) < 4.78 is 32.8. The molecule has 0 bridgehead atoms. The van der Waals surface area contributed by atoms with Crippen molar-refractivity contribution in [3.8, 4) is 5.75 Å². The van der Waals surface area contributed by atoms with Crippen molar-refractivity contribution in [2.75, 3.05) is 13.2 Å². The highest BCUT2D eigenvalue weighted by Crippen LogP contribution is 2.18. The molecule has 5 heteroatoms. The van der Waals surface area contributed by atoms with E-state index in [1.807, 2.05) is 50.2 Å². The van der Waals surface area contributed by atoms with Gasteiger partial charge in [-0.15, -0.1) is 0 Å². The fourth-order valence-corrected chi connectivity index (χ4v) is 3.35. The summed E-state index contributed by atoms with van der Waals surface area (Å²) in [6.07, 6.45) is 1.48. The van der Waals surface area contributed by atoms with Gasteiger partial charge in [-0.25, -0.2) is 13.1 Å². The quantitative estimate of drug-likeness (QED) is 0.807. The first kappa shape index (κ1) is 17.5. The van der Waals surface area contributed by atoms with Gasteiger partial charge in [0.1, 0.15) is 5.75 Å². The minimum Gasteiger partial charge on any atom is -0.494 e. The molecule has 2 aromatic carbocycles. The predicted octanol–water partition coefficient (Wildman–Crippen LogP) is 3.17. The van der Waals surface area contributed by atoms with Crippen molar-refractivity contribution in [3.05, 3.63) is 59.7 Å². The smallest absolute Gasteiger partial charge is 0.240 e. The lowest BCUT2D eigenvalue weighted by atomic mass is 10.1. The van der Waals surface area contributed by atoms with Gasteiger partial charge in [0.2, 0.25) is 10.0 Å². The van der Waals surface area contributed by atoms with E-state index in [0.29, 0.717) is 24.5 Å². The van der Waals surface area contributed by atoms with Gasteiger partial charge >= 0.3 is 0 Å². The first-order valence-corrected chi connectivity index (χ1v) is 9.34. The Morgan fingerprint density at radius 3 is 2.35 bits per heavy atom. The molecular formula is C18H23NO3S. The van der Waals surface area contributed by atoms with Crippen molar-refractivity contribution in [1.29, 1.82) is 0 Å². The van der Waals surface area contributed by atoms with E-state index in [1.165, 1.54) is 0 Å². The van der Waals surface area contributed by atoms with Gasteiger partial charge in [0.05, 0.1) is 11.5 Å². The molecule has 0 amide bonds. The molecule has 0 aliphatic heterocycles. The van der Waals surface area contributed by atoms with E-state index in [9.17, 15) is 8.42 Å². The molecule has 0 aliphatic carbocycles. The van der Waals surface area contributed by atoms with Crippen molar-refractivity contribution in [3.63, 3.8) is 0 Å². The lowest BCUT2D eigenvalue weighted by molar-refractivity contribution is 0.336. The van der Waals surface area contributed by atoms with Crippen LogP contribution in [0.4, 0.5) is 0 Å². The Bertz CT molecular complexity index is 724. The molecule has 0 radical (unpaired) electrons. The Hall–Kier alpha value is -1.85. The zero-order valence-corrected chi connectivity index (χ0v) is 14.4. The lowest BCUT2D eigenvalue weighted by Crippen LogP contribution is -2.26. The molecule has 0 aromatic heterocycles. The molecule has 0 spiro atoms. The summed E-state index contributed by atoms with van der Waals surface area (Å²) in [6.45, 7) is 4.89. The van der Waals surface area contributed by atoms with Crippen LogP contribution in [-0.2, 0) is 22.9 Å². The van der Waals surface area contributed by atoms with Crippen LogP contribution >= 0.6 is 0 Å². The summed E-state index contributed by atoms with van der Waals surface area (Å²) in [7, 11) is -3.47. The molecule has 0 fully saturated rings. The monoisotopic (exact) mass is 333 g/mol. The van der Waals surface area contributed by atoms with Crippen LogP contribution in [0, 0.1) is 0 Å². The second-order valence-electron chi connectivity index (χ2n) is 5.19. The molecular weight excluding hydrogens is 310 g/mol. The van der Waals surface area contributed by atoms with Gasteiger partial charge in [-0.1, -0.05) is 37.3 Å². The van der Waals surface area contributed by atoms with Crippen LogP contribution in [-0.4, -0.2) is 21.6 Å². The molecule has 2 aromatic rings. The van der Waals surface area contributed by atoms with Crippen LogP contribution in [0.2, 0.25) is 0 Å². The highest BCUT2D eigenvalue weighted by molar-refractivity contribution is 7.89. The maximum absolute atomic E-state index is 12.3. The van der Waals surface area contributed by atoms with E-state index in [2.05, 4.69) is 4.72 Å². The Balaban J connectivity index is 1.99. The van der Waals surface area contributed by atoms with Crippen LogP contribution in [0.5, 0.6) is 5.75 Å². The topological polar surface area (TPSA) is 55.4 Å². The minimum absolute atomic E-state index is 0.299. The second kappa shape index (κ2) is 8.13. The van der Waals surface area contributed by atoms with E-state index in [-0.39, 0.29) is 0 Å². The number of aryl methyl sites for hydroxylation is 1. The minimum atomic E-state index is -3.47. The number of rotatable bonds is 8. The highest BCUT2D eigenvalue weighted by atomic mass is 32.2. The number of para-hydroxylation sites is 1. The average Bonchev–Trinajstić information content (AvgIpc) is 2.56. The highest BCUT2D eigenvalue weighted by Gasteiger charge is 2.13. The number of sulfonamides is 1. The number of benzene rings is 2. The van der Waals surface area contributed by atoms with Gasteiger partial charge in [0.15, 0.2) is 0 Å². The maximum Gasteiger partial charge on any atom is 0.240 e. The zero-order chi connectivity index (χ0) is 16.7.